The average molecular weight is 353 g/mol. The Morgan fingerprint density at radius 1 is 1.27 bits per heavy atom. The molecule has 3 rings (SSSR count). The van der Waals surface area contributed by atoms with Gasteiger partial charge < -0.3 is 14.8 Å². The number of amides is 1. The highest BCUT2D eigenvalue weighted by molar-refractivity contribution is 5.80. The normalized spacial score (nSPS) is 17.0. The molecule has 2 unspecified atom stereocenters. The van der Waals surface area contributed by atoms with Crippen molar-refractivity contribution in [3.05, 3.63) is 58.7 Å². The fraction of sp³-hybridized carbons (Fsp3) is 0.409. The number of benzene rings is 2. The Balaban J connectivity index is 1.59. The Morgan fingerprint density at radius 3 is 2.81 bits per heavy atom. The minimum absolute atomic E-state index is 0.0590. The number of carbonyl (C=O) groups is 1. The van der Waals surface area contributed by atoms with Crippen molar-refractivity contribution >= 4 is 5.91 Å². The Kier molecular flexibility index (Phi) is 5.50. The molecule has 1 aliphatic rings. The molecule has 138 valence electrons. The van der Waals surface area contributed by atoms with Gasteiger partial charge in [0.05, 0.1) is 13.0 Å². The smallest absolute Gasteiger partial charge is 0.227 e. The highest BCUT2D eigenvalue weighted by Gasteiger charge is 2.27. The molecule has 0 radical (unpaired) electrons. The minimum Gasteiger partial charge on any atom is -0.497 e. The lowest BCUT2D eigenvalue weighted by Gasteiger charge is -2.26. The predicted molar refractivity (Wildman–Crippen MR) is 103 cm³/mol. The van der Waals surface area contributed by atoms with E-state index < -0.39 is 0 Å². The van der Waals surface area contributed by atoms with Crippen molar-refractivity contribution in [2.75, 3.05) is 13.7 Å². The molecule has 0 saturated carbocycles. The van der Waals surface area contributed by atoms with Crippen LogP contribution in [-0.4, -0.2) is 25.7 Å². The zero-order valence-electron chi connectivity index (χ0n) is 16.0. The van der Waals surface area contributed by atoms with Crippen LogP contribution in [0.5, 0.6) is 11.5 Å². The molecule has 1 aliphatic heterocycles. The van der Waals surface area contributed by atoms with Gasteiger partial charge in [-0.1, -0.05) is 29.8 Å². The summed E-state index contributed by atoms with van der Waals surface area (Å²) in [6, 6.07) is 12.3. The molecule has 2 aromatic rings. The van der Waals surface area contributed by atoms with Crippen LogP contribution in [0.4, 0.5) is 0 Å². The van der Waals surface area contributed by atoms with Crippen molar-refractivity contribution < 1.29 is 14.3 Å². The van der Waals surface area contributed by atoms with Gasteiger partial charge in [-0.3, -0.25) is 4.79 Å². The second-order valence-electron chi connectivity index (χ2n) is 7.23. The standard InChI is InChI=1S/C22H27NO3/c1-14-5-6-17(15(2)9-14)10-16(3)23-22(24)19-11-18-7-8-20(25-4)12-21(18)26-13-19/h5-9,12,16,19H,10-11,13H2,1-4H3,(H,23,24). The van der Waals surface area contributed by atoms with Gasteiger partial charge in [0, 0.05) is 12.1 Å². The first kappa shape index (κ1) is 18.3. The number of hydrogen-bond acceptors (Lipinski definition) is 3. The summed E-state index contributed by atoms with van der Waals surface area (Å²) in [7, 11) is 1.64. The third-order valence-electron chi connectivity index (χ3n) is 4.96. The maximum atomic E-state index is 12.7. The van der Waals surface area contributed by atoms with Gasteiger partial charge in [0.15, 0.2) is 0 Å². The molecule has 0 spiro atoms. The van der Waals surface area contributed by atoms with Crippen molar-refractivity contribution in [3.63, 3.8) is 0 Å². The maximum absolute atomic E-state index is 12.7. The minimum atomic E-state index is -0.155. The van der Waals surface area contributed by atoms with Gasteiger partial charge in [0.25, 0.3) is 0 Å². The van der Waals surface area contributed by atoms with E-state index in [0.29, 0.717) is 13.0 Å². The highest BCUT2D eigenvalue weighted by Crippen LogP contribution is 2.31. The van der Waals surface area contributed by atoms with E-state index in [0.717, 1.165) is 23.5 Å². The molecule has 1 heterocycles. The monoisotopic (exact) mass is 353 g/mol. The lowest BCUT2D eigenvalue weighted by Crippen LogP contribution is -2.42. The molecule has 26 heavy (non-hydrogen) atoms. The van der Waals surface area contributed by atoms with Crippen LogP contribution in [0.25, 0.3) is 0 Å². The van der Waals surface area contributed by atoms with E-state index in [2.05, 4.69) is 44.3 Å². The zero-order chi connectivity index (χ0) is 18.7. The number of hydrogen-bond donors (Lipinski definition) is 1. The largest absolute Gasteiger partial charge is 0.497 e. The number of fused-ring (bicyclic) bond motifs is 1. The molecule has 2 atom stereocenters. The molecule has 2 aromatic carbocycles. The lowest BCUT2D eigenvalue weighted by molar-refractivity contribution is -0.126. The highest BCUT2D eigenvalue weighted by atomic mass is 16.5. The molecule has 0 aliphatic carbocycles. The number of aryl methyl sites for hydroxylation is 2. The van der Waals surface area contributed by atoms with E-state index in [-0.39, 0.29) is 17.9 Å². The van der Waals surface area contributed by atoms with E-state index in [1.54, 1.807) is 7.11 Å². The summed E-state index contributed by atoms with van der Waals surface area (Å²) in [5.74, 6) is 1.49. The van der Waals surface area contributed by atoms with Crippen molar-refractivity contribution in [2.24, 2.45) is 5.92 Å². The van der Waals surface area contributed by atoms with Crippen molar-refractivity contribution in [3.8, 4) is 11.5 Å². The molecule has 1 N–H and O–H groups in total. The van der Waals surface area contributed by atoms with E-state index in [4.69, 9.17) is 9.47 Å². The first-order valence-corrected chi connectivity index (χ1v) is 9.12. The SMILES string of the molecule is COc1ccc2c(c1)OCC(C(=O)NC(C)Cc1ccc(C)cc1C)C2. The summed E-state index contributed by atoms with van der Waals surface area (Å²) in [6.45, 7) is 6.68. The van der Waals surface area contributed by atoms with Crippen LogP contribution in [0.3, 0.4) is 0 Å². The zero-order valence-corrected chi connectivity index (χ0v) is 16.0. The van der Waals surface area contributed by atoms with Crippen LogP contribution < -0.4 is 14.8 Å². The Morgan fingerprint density at radius 2 is 2.08 bits per heavy atom. The number of carbonyl (C=O) groups excluding carboxylic acids is 1. The van der Waals surface area contributed by atoms with Crippen molar-refractivity contribution in [1.29, 1.82) is 0 Å². The molecular formula is C22H27NO3. The molecule has 0 bridgehead atoms. The van der Waals surface area contributed by atoms with E-state index in [1.165, 1.54) is 16.7 Å². The fourth-order valence-electron chi connectivity index (χ4n) is 3.46. The van der Waals surface area contributed by atoms with Gasteiger partial charge in [0.2, 0.25) is 5.91 Å². The molecular weight excluding hydrogens is 326 g/mol. The Bertz CT molecular complexity index is 800. The van der Waals surface area contributed by atoms with Gasteiger partial charge in [-0.2, -0.15) is 0 Å². The summed E-state index contributed by atoms with van der Waals surface area (Å²) in [5, 5.41) is 3.15. The summed E-state index contributed by atoms with van der Waals surface area (Å²) in [6.07, 6.45) is 1.53. The third-order valence-corrected chi connectivity index (χ3v) is 4.96. The lowest BCUT2D eigenvalue weighted by atomic mass is 9.95. The molecule has 4 nitrogen and oxygen atoms in total. The molecule has 0 aromatic heterocycles. The van der Waals surface area contributed by atoms with E-state index in [1.807, 2.05) is 18.2 Å². The van der Waals surface area contributed by atoms with E-state index >= 15 is 0 Å². The first-order chi connectivity index (χ1) is 12.5. The quantitative estimate of drug-likeness (QED) is 0.893. The predicted octanol–water partition coefficient (Wildman–Crippen LogP) is 3.61. The second-order valence-corrected chi connectivity index (χ2v) is 7.23. The van der Waals surface area contributed by atoms with Gasteiger partial charge in [-0.15, -0.1) is 0 Å². The van der Waals surface area contributed by atoms with Gasteiger partial charge in [0.1, 0.15) is 18.1 Å². The van der Waals surface area contributed by atoms with Crippen LogP contribution in [0.1, 0.15) is 29.2 Å². The topological polar surface area (TPSA) is 47.6 Å². The molecule has 0 saturated heterocycles. The van der Waals surface area contributed by atoms with Gasteiger partial charge in [-0.05, 0) is 56.4 Å². The van der Waals surface area contributed by atoms with Crippen LogP contribution in [0.15, 0.2) is 36.4 Å². The molecule has 0 fully saturated rings. The van der Waals surface area contributed by atoms with Gasteiger partial charge >= 0.3 is 0 Å². The fourth-order valence-corrected chi connectivity index (χ4v) is 3.46. The first-order valence-electron chi connectivity index (χ1n) is 9.12. The van der Waals surface area contributed by atoms with Crippen LogP contribution in [-0.2, 0) is 17.6 Å². The molecule has 4 heteroatoms. The second kappa shape index (κ2) is 7.81. The number of nitrogens with one attached hydrogen (secondary N) is 1. The summed E-state index contributed by atoms with van der Waals surface area (Å²) in [5.41, 5.74) is 4.87. The summed E-state index contributed by atoms with van der Waals surface area (Å²) < 4.78 is 11.0. The summed E-state index contributed by atoms with van der Waals surface area (Å²) in [4.78, 5) is 12.7. The molecule has 1 amide bonds. The number of ether oxygens (including phenoxy) is 2. The van der Waals surface area contributed by atoms with Crippen LogP contribution >= 0.6 is 0 Å². The third kappa shape index (κ3) is 4.18. The number of methoxy groups -OCH3 is 1. The maximum Gasteiger partial charge on any atom is 0.227 e. The Labute approximate surface area is 155 Å². The van der Waals surface area contributed by atoms with Crippen LogP contribution in [0.2, 0.25) is 0 Å². The van der Waals surface area contributed by atoms with Crippen LogP contribution in [0, 0.1) is 19.8 Å². The average Bonchev–Trinajstić information content (AvgIpc) is 2.63. The van der Waals surface area contributed by atoms with Crippen molar-refractivity contribution in [2.45, 2.75) is 39.7 Å². The number of rotatable bonds is 5. The summed E-state index contributed by atoms with van der Waals surface area (Å²) >= 11 is 0. The Hall–Kier alpha value is -2.49. The van der Waals surface area contributed by atoms with Crippen molar-refractivity contribution in [1.82, 2.24) is 5.32 Å². The van der Waals surface area contributed by atoms with E-state index in [9.17, 15) is 4.79 Å². The van der Waals surface area contributed by atoms with Gasteiger partial charge in [-0.25, -0.2) is 0 Å².